The Balaban J connectivity index is 0.000000200. The van der Waals surface area contributed by atoms with E-state index >= 15 is 0 Å². The van der Waals surface area contributed by atoms with Crippen LogP contribution in [0.15, 0.2) is 200 Å². The molecule has 3 N–H and O–H groups in total. The van der Waals surface area contributed by atoms with Crippen LogP contribution in [0.4, 0.5) is 32.1 Å². The minimum absolute atomic E-state index is 0.0816. The zero-order valence-corrected chi connectivity index (χ0v) is 60.1. The van der Waals surface area contributed by atoms with Gasteiger partial charge in [0, 0.05) is 92.3 Å². The van der Waals surface area contributed by atoms with Crippen LogP contribution < -0.4 is 30.7 Å². The van der Waals surface area contributed by atoms with Gasteiger partial charge in [0.1, 0.15) is 65.3 Å². The van der Waals surface area contributed by atoms with Crippen molar-refractivity contribution in [3.05, 3.63) is 232 Å². The molecule has 0 fully saturated rings. The van der Waals surface area contributed by atoms with Gasteiger partial charge in [-0.1, -0.05) is 219 Å². The van der Waals surface area contributed by atoms with Crippen molar-refractivity contribution in [1.82, 2.24) is 15.0 Å². The van der Waals surface area contributed by atoms with Crippen molar-refractivity contribution in [2.24, 2.45) is 0 Å². The third-order valence-corrected chi connectivity index (χ3v) is 18.5. The zero-order chi connectivity index (χ0) is 70.9. The molecule has 7 aromatic carbocycles. The molecule has 0 spiro atoms. The first-order chi connectivity index (χ1) is 48.3. The summed E-state index contributed by atoms with van der Waals surface area (Å²) in [5.41, 5.74) is 12.4. The quantitative estimate of drug-likeness (QED) is 0.0483. The Morgan fingerprint density at radius 3 is 0.747 bits per heavy atom. The number of anilines is 6. The number of aromatic nitrogens is 3. The topological polar surface area (TPSA) is 207 Å². The third kappa shape index (κ3) is 22.0. The molecule has 0 saturated carbocycles. The second-order valence-electron chi connectivity index (χ2n) is 21.8. The molecule has 0 atom stereocenters. The van der Waals surface area contributed by atoms with Crippen LogP contribution in [0.25, 0.3) is 68.7 Å². The number of nitriles is 3. The molecule has 0 unspecified atom stereocenters. The standard InChI is InChI=1S/3C25H26N4OS.C6H6/c3*1-4-22(30)27-25-23(19-10-8-7-9-11-19)28-24(31-25)20(17-26)16-18-12-14-21(15-13-18)29(5-2)6-3;1-2-4-6-5-3-1/h3*7-16H,4-6H2,1-3H3,(H,27,30);1-6H/b3*20-16+;. The summed E-state index contributed by atoms with van der Waals surface area (Å²) in [7, 11) is 0. The minimum Gasteiger partial charge on any atom is -0.372 e. The Morgan fingerprint density at radius 1 is 0.343 bits per heavy atom. The van der Waals surface area contributed by atoms with Crippen molar-refractivity contribution >= 4 is 119 Å². The summed E-state index contributed by atoms with van der Waals surface area (Å²) in [4.78, 5) is 57.0. The van der Waals surface area contributed by atoms with Crippen LogP contribution in [-0.2, 0) is 14.4 Å². The van der Waals surface area contributed by atoms with Crippen molar-refractivity contribution in [1.29, 1.82) is 15.8 Å². The fourth-order valence-electron chi connectivity index (χ4n) is 10.0. The van der Waals surface area contributed by atoms with E-state index in [-0.39, 0.29) is 17.7 Å². The molecule has 0 saturated heterocycles. The maximum Gasteiger partial charge on any atom is 0.224 e. The maximum atomic E-state index is 12.0. The van der Waals surface area contributed by atoms with Gasteiger partial charge >= 0.3 is 0 Å². The van der Waals surface area contributed by atoms with Gasteiger partial charge in [-0.3, -0.25) is 14.4 Å². The van der Waals surface area contributed by atoms with Gasteiger partial charge in [0.15, 0.2) is 0 Å². The van der Waals surface area contributed by atoms with E-state index in [1.54, 1.807) is 0 Å². The second kappa shape index (κ2) is 39.8. The largest absolute Gasteiger partial charge is 0.372 e. The van der Waals surface area contributed by atoms with Gasteiger partial charge in [-0.15, -0.1) is 0 Å². The van der Waals surface area contributed by atoms with E-state index in [4.69, 9.17) is 15.0 Å². The van der Waals surface area contributed by atoms with Gasteiger partial charge in [-0.2, -0.15) is 15.8 Å². The van der Waals surface area contributed by atoms with E-state index in [9.17, 15) is 30.2 Å². The highest BCUT2D eigenvalue weighted by Crippen LogP contribution is 2.40. The van der Waals surface area contributed by atoms with Crippen LogP contribution in [0.3, 0.4) is 0 Å². The SMILES string of the molecule is CCC(=O)Nc1sc(/C(C#N)=C/c2ccc(N(CC)CC)cc2)nc1-c1ccccc1.CCC(=O)Nc1sc(/C(C#N)=C/c2ccc(N(CC)CC)cc2)nc1-c1ccccc1.CCC(=O)Nc1sc(/C(C#N)=C/c2ccc(N(CC)CC)cc2)nc1-c1ccccc1.c1ccccc1. The number of carbonyl (C=O) groups excluding carboxylic acids is 3. The molecular formula is C81H84N12O3S3. The molecule has 15 nitrogen and oxygen atoms in total. The summed E-state index contributed by atoms with van der Waals surface area (Å²) >= 11 is 3.97. The number of hydrogen-bond acceptors (Lipinski definition) is 15. The lowest BCUT2D eigenvalue weighted by Gasteiger charge is -2.20. The van der Waals surface area contributed by atoms with Crippen molar-refractivity contribution < 1.29 is 14.4 Å². The molecule has 0 bridgehead atoms. The summed E-state index contributed by atoms with van der Waals surface area (Å²) in [6.07, 6.45) is 6.64. The average Bonchev–Trinajstić information content (AvgIpc) is 1.65. The Kier molecular flexibility index (Phi) is 30.3. The van der Waals surface area contributed by atoms with Crippen LogP contribution in [0.5, 0.6) is 0 Å². The number of benzene rings is 7. The molecule has 18 heteroatoms. The van der Waals surface area contributed by atoms with E-state index in [1.807, 2.05) is 203 Å². The number of carbonyl (C=O) groups is 3. The van der Waals surface area contributed by atoms with E-state index in [0.29, 0.717) is 83.1 Å². The molecule has 0 aliphatic heterocycles. The summed E-state index contributed by atoms with van der Waals surface area (Å²) in [5, 5.41) is 41.9. The molecule has 0 aliphatic carbocycles. The first-order valence-corrected chi connectivity index (χ1v) is 35.7. The van der Waals surface area contributed by atoms with Gasteiger partial charge < -0.3 is 30.7 Å². The molecule has 3 amide bonds. The second-order valence-corrected chi connectivity index (χ2v) is 24.8. The summed E-state index contributed by atoms with van der Waals surface area (Å²) in [6.45, 7) is 23.9. The Labute approximate surface area is 595 Å². The monoisotopic (exact) mass is 1370 g/mol. The fourth-order valence-corrected chi connectivity index (χ4v) is 12.9. The van der Waals surface area contributed by atoms with Gasteiger partial charge in [0.25, 0.3) is 0 Å². The van der Waals surface area contributed by atoms with Crippen LogP contribution in [-0.4, -0.2) is 71.9 Å². The number of thiazole rings is 3. The predicted molar refractivity (Wildman–Crippen MR) is 416 cm³/mol. The third-order valence-electron chi connectivity index (χ3n) is 15.5. The summed E-state index contributed by atoms with van der Waals surface area (Å²) < 4.78 is 0. The van der Waals surface area contributed by atoms with Crippen molar-refractivity contribution in [2.75, 3.05) is 69.9 Å². The number of nitrogens with zero attached hydrogens (tertiary/aromatic N) is 9. The Hall–Kier alpha value is -11.1. The van der Waals surface area contributed by atoms with Gasteiger partial charge in [0.05, 0.1) is 16.7 Å². The van der Waals surface area contributed by atoms with Gasteiger partial charge in [-0.25, -0.2) is 15.0 Å². The average molecular weight is 1370 g/mol. The highest BCUT2D eigenvalue weighted by molar-refractivity contribution is 7.18. The van der Waals surface area contributed by atoms with Crippen LogP contribution in [0, 0.1) is 34.0 Å². The fraction of sp³-hybridized carbons (Fsp3) is 0.222. The molecule has 10 aromatic rings. The number of allylic oxidation sites excluding steroid dienone is 3. The van der Waals surface area contributed by atoms with Gasteiger partial charge in [-0.05, 0) is 113 Å². The van der Waals surface area contributed by atoms with Gasteiger partial charge in [0.2, 0.25) is 17.7 Å². The maximum absolute atomic E-state index is 12.0. The Morgan fingerprint density at radius 2 is 0.556 bits per heavy atom. The molecular weight excluding hydrogens is 1290 g/mol. The lowest BCUT2D eigenvalue weighted by molar-refractivity contribution is -0.116. The molecule has 0 aliphatic rings. The highest BCUT2D eigenvalue weighted by atomic mass is 32.1. The zero-order valence-electron chi connectivity index (χ0n) is 57.6. The van der Waals surface area contributed by atoms with E-state index in [0.717, 1.165) is 89.7 Å². The van der Waals surface area contributed by atoms with E-state index < -0.39 is 0 Å². The lowest BCUT2D eigenvalue weighted by atomic mass is 10.1. The van der Waals surface area contributed by atoms with E-state index in [1.165, 1.54) is 34.0 Å². The molecule has 3 aromatic heterocycles. The first-order valence-electron chi connectivity index (χ1n) is 33.3. The molecule has 10 rings (SSSR count). The minimum atomic E-state index is -0.0816. The first kappa shape index (κ1) is 75.3. The predicted octanol–water partition coefficient (Wildman–Crippen LogP) is 19.9. The molecule has 0 radical (unpaired) electrons. The van der Waals surface area contributed by atoms with Crippen molar-refractivity contribution in [3.8, 4) is 52.0 Å². The van der Waals surface area contributed by atoms with Crippen LogP contribution in [0.1, 0.15) is 113 Å². The molecule has 504 valence electrons. The van der Waals surface area contributed by atoms with Crippen LogP contribution >= 0.6 is 34.0 Å². The number of amides is 3. The normalized spacial score (nSPS) is 10.9. The lowest BCUT2D eigenvalue weighted by Crippen LogP contribution is -2.21. The smallest absolute Gasteiger partial charge is 0.224 e. The van der Waals surface area contributed by atoms with Crippen molar-refractivity contribution in [2.45, 2.75) is 81.6 Å². The van der Waals surface area contributed by atoms with E-state index in [2.05, 4.69) is 127 Å². The number of hydrogen-bond donors (Lipinski definition) is 3. The van der Waals surface area contributed by atoms with Crippen LogP contribution in [0.2, 0.25) is 0 Å². The number of nitrogens with one attached hydrogen (secondary N) is 3. The summed E-state index contributed by atoms with van der Waals surface area (Å²) in [5.74, 6) is -0.245. The number of rotatable bonds is 24. The molecule has 3 heterocycles. The summed E-state index contributed by atoms with van der Waals surface area (Å²) in [6, 6.07) is 72.3. The van der Waals surface area contributed by atoms with Crippen molar-refractivity contribution in [3.63, 3.8) is 0 Å². The molecule has 99 heavy (non-hydrogen) atoms. The Bertz CT molecular complexity index is 3950. The highest BCUT2D eigenvalue weighted by Gasteiger charge is 2.21.